The minimum Gasteiger partial charge on any atom is -0.496 e. The van der Waals surface area contributed by atoms with Gasteiger partial charge in [-0.1, -0.05) is 24.6 Å². The number of hydrogen-bond donors (Lipinski definition) is 1. The summed E-state index contributed by atoms with van der Waals surface area (Å²) < 4.78 is 5.41. The first kappa shape index (κ1) is 14.6. The Labute approximate surface area is 132 Å². The lowest BCUT2D eigenvalue weighted by atomic mass is 9.95. The molecule has 1 aromatic carbocycles. The summed E-state index contributed by atoms with van der Waals surface area (Å²) in [5, 5.41) is 4.44. The number of hydrogen-bond acceptors (Lipinski definition) is 2. The maximum absolute atomic E-state index is 5.58. The van der Waals surface area contributed by atoms with Crippen LogP contribution in [0, 0.1) is 11.8 Å². The van der Waals surface area contributed by atoms with Crippen LogP contribution in [0.4, 0.5) is 0 Å². The van der Waals surface area contributed by atoms with Gasteiger partial charge < -0.3 is 15.0 Å². The van der Waals surface area contributed by atoms with Crippen molar-refractivity contribution in [1.82, 2.24) is 10.2 Å². The highest BCUT2D eigenvalue weighted by molar-refractivity contribution is 7.80. The fourth-order valence-electron chi connectivity index (χ4n) is 3.85. The highest BCUT2D eigenvalue weighted by Gasteiger charge is 2.39. The molecule has 114 valence electrons. The maximum Gasteiger partial charge on any atom is 0.169 e. The third-order valence-electron chi connectivity index (χ3n) is 4.99. The third kappa shape index (κ3) is 3.15. The second-order valence-corrected chi connectivity index (χ2v) is 6.79. The number of benzene rings is 1. The zero-order valence-corrected chi connectivity index (χ0v) is 13.7. The quantitative estimate of drug-likeness (QED) is 0.864. The molecule has 0 aromatic heterocycles. The topological polar surface area (TPSA) is 24.5 Å². The van der Waals surface area contributed by atoms with Crippen LogP contribution in [0.15, 0.2) is 24.3 Å². The highest BCUT2D eigenvalue weighted by Crippen LogP contribution is 2.44. The molecule has 2 aliphatic rings. The first-order valence-corrected chi connectivity index (χ1v) is 8.21. The molecular weight excluding hydrogens is 280 g/mol. The van der Waals surface area contributed by atoms with E-state index < -0.39 is 0 Å². The highest BCUT2D eigenvalue weighted by atomic mass is 32.1. The van der Waals surface area contributed by atoms with E-state index in [2.05, 4.69) is 23.3 Å². The van der Waals surface area contributed by atoms with Crippen molar-refractivity contribution in [3.8, 4) is 5.75 Å². The largest absolute Gasteiger partial charge is 0.496 e. The van der Waals surface area contributed by atoms with E-state index in [1.165, 1.54) is 31.2 Å². The molecule has 0 aliphatic heterocycles. The van der Waals surface area contributed by atoms with Crippen LogP contribution in [-0.2, 0) is 6.54 Å². The van der Waals surface area contributed by atoms with Crippen LogP contribution in [0.2, 0.25) is 0 Å². The molecule has 0 amide bonds. The smallest absolute Gasteiger partial charge is 0.169 e. The minimum absolute atomic E-state index is 0.594. The van der Waals surface area contributed by atoms with Gasteiger partial charge in [-0.2, -0.15) is 0 Å². The molecule has 1 N–H and O–H groups in total. The lowest BCUT2D eigenvalue weighted by Gasteiger charge is -2.29. The Kier molecular flexibility index (Phi) is 4.34. The van der Waals surface area contributed by atoms with Gasteiger partial charge in [0.25, 0.3) is 0 Å². The SMILES string of the molecule is COc1ccccc1CN(C)C(=S)N[C@@H]1C[C@H]2CC[C@H]1C2. The Bertz CT molecular complexity index is 519. The molecule has 2 bridgehead atoms. The predicted molar refractivity (Wildman–Crippen MR) is 89.4 cm³/mol. The fraction of sp³-hybridized carbons (Fsp3) is 0.588. The number of methoxy groups -OCH3 is 1. The number of rotatable bonds is 4. The molecule has 3 rings (SSSR count). The summed E-state index contributed by atoms with van der Waals surface area (Å²) in [6.45, 7) is 0.774. The average molecular weight is 304 g/mol. The number of fused-ring (bicyclic) bond motifs is 2. The second kappa shape index (κ2) is 6.22. The Balaban J connectivity index is 1.57. The molecule has 4 heteroatoms. The number of nitrogens with zero attached hydrogens (tertiary/aromatic N) is 1. The number of thiocarbonyl (C=S) groups is 1. The fourth-order valence-corrected chi connectivity index (χ4v) is 4.07. The normalized spacial score (nSPS) is 26.7. The van der Waals surface area contributed by atoms with Crippen LogP contribution in [0.25, 0.3) is 0 Å². The average Bonchev–Trinajstić information content (AvgIpc) is 3.10. The van der Waals surface area contributed by atoms with E-state index in [9.17, 15) is 0 Å². The van der Waals surface area contributed by atoms with Gasteiger partial charge in [-0.3, -0.25) is 0 Å². The molecule has 3 nitrogen and oxygen atoms in total. The zero-order valence-electron chi connectivity index (χ0n) is 12.8. The monoisotopic (exact) mass is 304 g/mol. The van der Waals surface area contributed by atoms with Gasteiger partial charge >= 0.3 is 0 Å². The molecule has 0 saturated heterocycles. The first-order valence-electron chi connectivity index (χ1n) is 7.81. The van der Waals surface area contributed by atoms with Gasteiger partial charge in [-0.05, 0) is 49.4 Å². The first-order chi connectivity index (χ1) is 10.2. The summed E-state index contributed by atoms with van der Waals surface area (Å²) in [6, 6.07) is 8.72. The van der Waals surface area contributed by atoms with Crippen molar-refractivity contribution in [1.29, 1.82) is 0 Å². The van der Waals surface area contributed by atoms with E-state index in [4.69, 9.17) is 17.0 Å². The summed E-state index contributed by atoms with van der Waals surface area (Å²) in [4.78, 5) is 2.11. The van der Waals surface area contributed by atoms with Gasteiger partial charge in [0, 0.05) is 25.2 Å². The van der Waals surface area contributed by atoms with Crippen molar-refractivity contribution < 1.29 is 4.74 Å². The van der Waals surface area contributed by atoms with Crippen molar-refractivity contribution in [3.63, 3.8) is 0 Å². The standard InChI is InChI=1S/C17H24N2OS/c1-19(11-14-5-3-4-6-16(14)20-2)17(21)18-15-10-12-7-8-13(15)9-12/h3-6,12-13,15H,7-11H2,1-2H3,(H,18,21)/t12-,13-,15+/m0/s1. The van der Waals surface area contributed by atoms with Crippen LogP contribution in [0.3, 0.4) is 0 Å². The van der Waals surface area contributed by atoms with E-state index in [1.807, 2.05) is 18.2 Å². The van der Waals surface area contributed by atoms with Crippen molar-refractivity contribution in [3.05, 3.63) is 29.8 Å². The predicted octanol–water partition coefficient (Wildman–Crippen LogP) is 3.19. The van der Waals surface area contributed by atoms with Crippen molar-refractivity contribution in [2.75, 3.05) is 14.2 Å². The van der Waals surface area contributed by atoms with Gasteiger partial charge in [-0.25, -0.2) is 0 Å². The molecule has 3 atom stereocenters. The van der Waals surface area contributed by atoms with Gasteiger partial charge in [-0.15, -0.1) is 0 Å². The Morgan fingerprint density at radius 2 is 2.14 bits per heavy atom. The van der Waals surface area contributed by atoms with Crippen LogP contribution in [0.1, 0.15) is 31.2 Å². The van der Waals surface area contributed by atoms with Gasteiger partial charge in [0.2, 0.25) is 0 Å². The zero-order chi connectivity index (χ0) is 14.8. The van der Waals surface area contributed by atoms with Crippen LogP contribution < -0.4 is 10.1 Å². The van der Waals surface area contributed by atoms with Crippen molar-refractivity contribution in [2.24, 2.45) is 11.8 Å². The summed E-state index contributed by atoms with van der Waals surface area (Å²) in [5.74, 6) is 2.70. The summed E-state index contributed by atoms with van der Waals surface area (Å²) in [5.41, 5.74) is 1.17. The summed E-state index contributed by atoms with van der Waals surface area (Å²) in [6.07, 6.45) is 5.50. The number of ether oxygens (including phenoxy) is 1. The van der Waals surface area contributed by atoms with Gasteiger partial charge in [0.1, 0.15) is 5.75 Å². The lowest BCUT2D eigenvalue weighted by molar-refractivity contribution is 0.368. The minimum atomic E-state index is 0.594. The third-order valence-corrected chi connectivity index (χ3v) is 5.42. The van der Waals surface area contributed by atoms with Crippen LogP contribution in [-0.4, -0.2) is 30.2 Å². The van der Waals surface area contributed by atoms with Crippen LogP contribution in [0.5, 0.6) is 5.75 Å². The lowest BCUT2D eigenvalue weighted by Crippen LogP contribution is -2.44. The van der Waals surface area contributed by atoms with Crippen LogP contribution >= 0.6 is 12.2 Å². The molecule has 2 fully saturated rings. The molecule has 21 heavy (non-hydrogen) atoms. The van der Waals surface area contributed by atoms with E-state index in [0.717, 1.165) is 29.2 Å². The van der Waals surface area contributed by atoms with Gasteiger partial charge in [0.05, 0.1) is 7.11 Å². The Morgan fingerprint density at radius 1 is 1.33 bits per heavy atom. The van der Waals surface area contributed by atoms with Crippen molar-refractivity contribution >= 4 is 17.3 Å². The molecule has 0 heterocycles. The maximum atomic E-state index is 5.58. The van der Waals surface area contributed by atoms with E-state index >= 15 is 0 Å². The molecule has 2 saturated carbocycles. The molecule has 0 unspecified atom stereocenters. The van der Waals surface area contributed by atoms with E-state index in [-0.39, 0.29) is 0 Å². The van der Waals surface area contributed by atoms with Crippen molar-refractivity contribution in [2.45, 2.75) is 38.3 Å². The molecule has 1 aromatic rings. The molecule has 2 aliphatic carbocycles. The molecule has 0 radical (unpaired) electrons. The number of nitrogens with one attached hydrogen (secondary N) is 1. The summed E-state index contributed by atoms with van der Waals surface area (Å²) in [7, 11) is 3.76. The second-order valence-electron chi connectivity index (χ2n) is 6.40. The Morgan fingerprint density at radius 3 is 2.81 bits per heavy atom. The Hall–Kier alpha value is -1.29. The molecular formula is C17H24N2OS. The van der Waals surface area contributed by atoms with E-state index in [0.29, 0.717) is 6.04 Å². The summed E-state index contributed by atoms with van der Waals surface area (Å²) >= 11 is 5.58. The van der Waals surface area contributed by atoms with E-state index in [1.54, 1.807) is 7.11 Å². The number of para-hydroxylation sites is 1. The van der Waals surface area contributed by atoms with Gasteiger partial charge in [0.15, 0.2) is 5.11 Å². The molecule has 0 spiro atoms.